The van der Waals surface area contributed by atoms with Gasteiger partial charge in [0.25, 0.3) is 5.69 Å². The Hall–Kier alpha value is -2.44. The van der Waals surface area contributed by atoms with Crippen LogP contribution in [-0.2, 0) is 9.53 Å². The molecule has 0 aliphatic rings. The van der Waals surface area contributed by atoms with Crippen molar-refractivity contribution in [1.29, 1.82) is 0 Å². The molecule has 0 aliphatic heterocycles. The van der Waals surface area contributed by atoms with Gasteiger partial charge in [-0.2, -0.15) is 0 Å². The zero-order chi connectivity index (χ0) is 13.7. The second-order valence-electron chi connectivity index (χ2n) is 3.18. The number of ether oxygens (including phenoxy) is 2. The van der Waals surface area contributed by atoms with Crippen molar-refractivity contribution in [2.45, 2.75) is 6.92 Å². The van der Waals surface area contributed by atoms with E-state index >= 15 is 0 Å². The molecule has 0 aromatic carbocycles. The molecule has 0 amide bonds. The fourth-order valence-electron chi connectivity index (χ4n) is 1.23. The van der Waals surface area contributed by atoms with Gasteiger partial charge in [-0.05, 0) is 6.92 Å². The summed E-state index contributed by atoms with van der Waals surface area (Å²) >= 11 is 0. The predicted molar refractivity (Wildman–Crippen MR) is 63.1 cm³/mol. The lowest BCUT2D eigenvalue weighted by atomic mass is 10.1. The van der Waals surface area contributed by atoms with Crippen LogP contribution in [0.15, 0.2) is 18.7 Å². The highest BCUT2D eigenvalue weighted by atomic mass is 16.6. The number of aromatic nitrogens is 1. The highest BCUT2D eigenvalue weighted by molar-refractivity contribution is 6.16. The number of pyridine rings is 1. The zero-order valence-electron chi connectivity index (χ0n) is 10.0. The van der Waals surface area contributed by atoms with E-state index in [1.54, 1.807) is 6.92 Å². The van der Waals surface area contributed by atoms with Gasteiger partial charge in [-0.15, -0.1) is 0 Å². The lowest BCUT2D eigenvalue weighted by Crippen LogP contribution is -2.09. The Morgan fingerprint density at radius 1 is 1.56 bits per heavy atom. The van der Waals surface area contributed by atoms with Crippen molar-refractivity contribution in [3.63, 3.8) is 0 Å². The third kappa shape index (κ3) is 2.82. The molecule has 1 rings (SSSR count). The number of methoxy groups -OCH3 is 1. The number of hydrogen-bond donors (Lipinski definition) is 0. The molecule has 0 radical (unpaired) electrons. The van der Waals surface area contributed by atoms with Gasteiger partial charge in [-0.3, -0.25) is 10.1 Å². The zero-order valence-corrected chi connectivity index (χ0v) is 10.0. The molecular formula is C11H12N2O5. The molecule has 1 heterocycles. The van der Waals surface area contributed by atoms with E-state index in [9.17, 15) is 14.9 Å². The van der Waals surface area contributed by atoms with Crippen molar-refractivity contribution in [3.8, 4) is 5.88 Å². The number of nitro groups is 1. The standard InChI is InChI=1S/C11H12N2O5/c1-4-18-11(14)7(2)10-8(13(15)16)5-6-9(12-10)17-3/h5-6H,2,4H2,1,3H3. The van der Waals surface area contributed by atoms with E-state index in [0.717, 1.165) is 0 Å². The Kier molecular flexibility index (Phi) is 4.36. The average molecular weight is 252 g/mol. The van der Waals surface area contributed by atoms with Crippen molar-refractivity contribution < 1.29 is 19.2 Å². The predicted octanol–water partition coefficient (Wildman–Crippen LogP) is 1.57. The number of carbonyl (C=O) groups is 1. The maximum Gasteiger partial charge on any atom is 0.339 e. The smallest absolute Gasteiger partial charge is 0.339 e. The van der Waals surface area contributed by atoms with E-state index in [1.165, 1.54) is 19.2 Å². The Balaban J connectivity index is 3.23. The summed E-state index contributed by atoms with van der Waals surface area (Å²) in [5.74, 6) is -0.595. The molecular weight excluding hydrogens is 240 g/mol. The minimum atomic E-state index is -0.749. The maximum atomic E-state index is 11.5. The number of carbonyl (C=O) groups excluding carboxylic acids is 1. The summed E-state index contributed by atoms with van der Waals surface area (Å²) in [4.78, 5) is 25.5. The van der Waals surface area contributed by atoms with Crippen LogP contribution in [0, 0.1) is 10.1 Å². The number of hydrogen-bond acceptors (Lipinski definition) is 6. The van der Waals surface area contributed by atoms with Crippen molar-refractivity contribution in [1.82, 2.24) is 4.98 Å². The molecule has 1 aromatic heterocycles. The van der Waals surface area contributed by atoms with Crippen molar-refractivity contribution in [2.75, 3.05) is 13.7 Å². The van der Waals surface area contributed by atoms with E-state index in [4.69, 9.17) is 9.47 Å². The first kappa shape index (κ1) is 13.6. The Morgan fingerprint density at radius 2 is 2.22 bits per heavy atom. The summed E-state index contributed by atoms with van der Waals surface area (Å²) in [5.41, 5.74) is -0.658. The van der Waals surface area contributed by atoms with Crippen LogP contribution in [0.25, 0.3) is 5.57 Å². The van der Waals surface area contributed by atoms with Gasteiger partial charge in [0, 0.05) is 12.1 Å². The summed E-state index contributed by atoms with van der Waals surface area (Å²) in [5, 5.41) is 10.8. The van der Waals surface area contributed by atoms with Crippen LogP contribution >= 0.6 is 0 Å². The van der Waals surface area contributed by atoms with Crippen molar-refractivity contribution in [3.05, 3.63) is 34.5 Å². The summed E-state index contributed by atoms with van der Waals surface area (Å²) < 4.78 is 9.58. The van der Waals surface area contributed by atoms with Crippen LogP contribution in [0.2, 0.25) is 0 Å². The normalized spacial score (nSPS) is 9.67. The molecule has 0 fully saturated rings. The van der Waals surface area contributed by atoms with Crippen molar-refractivity contribution >= 4 is 17.2 Å². The lowest BCUT2D eigenvalue weighted by molar-refractivity contribution is -0.385. The molecule has 0 unspecified atom stereocenters. The highest BCUT2D eigenvalue weighted by Crippen LogP contribution is 2.26. The fourth-order valence-corrected chi connectivity index (χ4v) is 1.23. The largest absolute Gasteiger partial charge is 0.481 e. The van der Waals surface area contributed by atoms with Crippen LogP contribution in [0.1, 0.15) is 12.6 Å². The molecule has 0 N–H and O–H groups in total. The van der Waals surface area contributed by atoms with Crippen LogP contribution in [0.3, 0.4) is 0 Å². The Labute approximate surface area is 103 Å². The summed E-state index contributed by atoms with van der Waals surface area (Å²) in [6, 6.07) is 2.53. The molecule has 96 valence electrons. The first-order valence-corrected chi connectivity index (χ1v) is 5.07. The topological polar surface area (TPSA) is 91.6 Å². The molecule has 1 aromatic rings. The van der Waals surface area contributed by atoms with Gasteiger partial charge in [0.05, 0.1) is 24.2 Å². The minimum Gasteiger partial charge on any atom is -0.481 e. The van der Waals surface area contributed by atoms with Gasteiger partial charge in [0.15, 0.2) is 5.69 Å². The number of rotatable bonds is 5. The molecule has 18 heavy (non-hydrogen) atoms. The van der Waals surface area contributed by atoms with Gasteiger partial charge in [-0.25, -0.2) is 9.78 Å². The minimum absolute atomic E-state index is 0.148. The fraction of sp³-hybridized carbons (Fsp3) is 0.273. The first-order chi connectivity index (χ1) is 8.51. The summed E-state index contributed by atoms with van der Waals surface area (Å²) in [7, 11) is 1.37. The van der Waals surface area contributed by atoms with Gasteiger partial charge < -0.3 is 9.47 Å². The molecule has 7 heteroatoms. The molecule has 0 spiro atoms. The summed E-state index contributed by atoms with van der Waals surface area (Å²) in [6.45, 7) is 5.24. The highest BCUT2D eigenvalue weighted by Gasteiger charge is 2.23. The molecule has 0 saturated carbocycles. The molecule has 0 atom stereocenters. The summed E-state index contributed by atoms with van der Waals surface area (Å²) in [6.07, 6.45) is 0. The second-order valence-corrected chi connectivity index (χ2v) is 3.18. The van der Waals surface area contributed by atoms with Gasteiger partial charge in [0.1, 0.15) is 0 Å². The van der Waals surface area contributed by atoms with E-state index in [0.29, 0.717) is 0 Å². The lowest BCUT2D eigenvalue weighted by Gasteiger charge is -2.06. The van der Waals surface area contributed by atoms with Crippen LogP contribution in [0.4, 0.5) is 5.69 Å². The maximum absolute atomic E-state index is 11.5. The molecule has 0 aliphatic carbocycles. The third-order valence-electron chi connectivity index (χ3n) is 2.06. The number of nitrogens with zero attached hydrogens (tertiary/aromatic N) is 2. The van der Waals surface area contributed by atoms with Crippen LogP contribution in [-0.4, -0.2) is 29.6 Å². The SMILES string of the molecule is C=C(C(=O)OCC)c1nc(OC)ccc1[N+](=O)[O-]. The molecule has 7 nitrogen and oxygen atoms in total. The van der Waals surface area contributed by atoms with E-state index in [-0.39, 0.29) is 29.4 Å². The van der Waals surface area contributed by atoms with E-state index < -0.39 is 10.9 Å². The quantitative estimate of drug-likeness (QED) is 0.342. The third-order valence-corrected chi connectivity index (χ3v) is 2.06. The average Bonchev–Trinajstić information content (AvgIpc) is 2.37. The first-order valence-electron chi connectivity index (χ1n) is 5.07. The van der Waals surface area contributed by atoms with Gasteiger partial charge in [0.2, 0.25) is 5.88 Å². The Bertz CT molecular complexity index is 498. The van der Waals surface area contributed by atoms with Crippen molar-refractivity contribution in [2.24, 2.45) is 0 Å². The van der Waals surface area contributed by atoms with Gasteiger partial charge in [-0.1, -0.05) is 6.58 Å². The van der Waals surface area contributed by atoms with E-state index in [1.807, 2.05) is 0 Å². The van der Waals surface area contributed by atoms with Crippen LogP contribution in [0.5, 0.6) is 5.88 Å². The van der Waals surface area contributed by atoms with Gasteiger partial charge >= 0.3 is 5.97 Å². The Morgan fingerprint density at radius 3 is 2.72 bits per heavy atom. The van der Waals surface area contributed by atoms with Crippen LogP contribution < -0.4 is 4.74 Å². The number of esters is 1. The monoisotopic (exact) mass is 252 g/mol. The van der Waals surface area contributed by atoms with E-state index in [2.05, 4.69) is 11.6 Å². The molecule has 0 bridgehead atoms. The second kappa shape index (κ2) is 5.76. The molecule has 0 saturated heterocycles.